The van der Waals surface area contributed by atoms with Crippen LogP contribution >= 0.6 is 0 Å². The predicted molar refractivity (Wildman–Crippen MR) is 90.4 cm³/mol. The number of hydrogen-bond donors (Lipinski definition) is 0. The van der Waals surface area contributed by atoms with E-state index in [1.807, 2.05) is 6.07 Å². The molecule has 1 aliphatic rings. The average Bonchev–Trinajstić information content (AvgIpc) is 3.33. The van der Waals surface area contributed by atoms with E-state index in [2.05, 4.69) is 15.5 Å². The molecule has 4 rings (SSSR count). The molecule has 0 spiro atoms. The fraction of sp³-hybridized carbons (Fsp3) is 0.188. The van der Waals surface area contributed by atoms with Gasteiger partial charge >= 0.3 is 0 Å². The molecule has 0 amide bonds. The summed E-state index contributed by atoms with van der Waals surface area (Å²) in [6.45, 7) is 0.380. The summed E-state index contributed by atoms with van der Waals surface area (Å²) in [6, 6.07) is 11.8. The number of ether oxygens (including phenoxy) is 2. The van der Waals surface area contributed by atoms with Crippen molar-refractivity contribution < 1.29 is 17.9 Å². The monoisotopic (exact) mass is 373 g/mol. The topological polar surface area (TPSA) is 99.4 Å². The largest absolute Gasteiger partial charge is 0.454 e. The molecule has 0 unspecified atom stereocenters. The zero-order valence-corrected chi connectivity index (χ0v) is 14.6. The quantitative estimate of drug-likeness (QED) is 0.663. The van der Waals surface area contributed by atoms with Gasteiger partial charge in [0.15, 0.2) is 11.5 Å². The van der Waals surface area contributed by atoms with Crippen molar-refractivity contribution in [3.8, 4) is 17.2 Å². The summed E-state index contributed by atoms with van der Waals surface area (Å²) in [5, 5.41) is 10.9. The van der Waals surface area contributed by atoms with Crippen molar-refractivity contribution in [1.82, 2.24) is 24.5 Å². The van der Waals surface area contributed by atoms with Gasteiger partial charge in [0.1, 0.15) is 6.33 Å². The molecule has 0 radical (unpaired) electrons. The minimum Gasteiger partial charge on any atom is -0.454 e. The van der Waals surface area contributed by atoms with Gasteiger partial charge < -0.3 is 9.47 Å². The van der Waals surface area contributed by atoms with Crippen LogP contribution in [0, 0.1) is 0 Å². The van der Waals surface area contributed by atoms with Crippen molar-refractivity contribution in [3.05, 3.63) is 54.4 Å². The Hall–Kier alpha value is -2.98. The van der Waals surface area contributed by atoms with Crippen LogP contribution in [0.2, 0.25) is 0 Å². The zero-order valence-electron chi connectivity index (χ0n) is 13.8. The summed E-state index contributed by atoms with van der Waals surface area (Å²) in [7, 11) is -2.15. The van der Waals surface area contributed by atoms with Gasteiger partial charge in [-0.1, -0.05) is 12.1 Å². The van der Waals surface area contributed by atoms with Crippen molar-refractivity contribution in [2.24, 2.45) is 0 Å². The maximum absolute atomic E-state index is 12.9. The highest BCUT2D eigenvalue weighted by atomic mass is 32.2. The molecule has 0 N–H and O–H groups in total. The Morgan fingerprint density at radius 1 is 1.15 bits per heavy atom. The summed E-state index contributed by atoms with van der Waals surface area (Å²) >= 11 is 0. The molecule has 2 heterocycles. The molecule has 0 saturated heterocycles. The molecular formula is C16H15N5O4S. The van der Waals surface area contributed by atoms with E-state index in [-0.39, 0.29) is 18.2 Å². The zero-order chi connectivity index (χ0) is 18.1. The molecule has 1 aromatic heterocycles. The molecule has 1 aliphatic heterocycles. The van der Waals surface area contributed by atoms with Gasteiger partial charge in [-0.3, -0.25) is 0 Å². The standard InChI is InChI=1S/C16H15N5O4S/c1-20(9-12-5-6-15-16(7-12)25-11-24-15)26(22,23)14-4-2-3-13(8-14)21-10-17-18-19-21/h2-8,10H,9,11H2,1H3. The van der Waals surface area contributed by atoms with Gasteiger partial charge in [-0.05, 0) is 46.3 Å². The third-order valence-electron chi connectivity index (χ3n) is 3.98. The van der Waals surface area contributed by atoms with Gasteiger partial charge in [0.25, 0.3) is 0 Å². The Labute approximate surface area is 149 Å². The fourth-order valence-electron chi connectivity index (χ4n) is 2.63. The summed E-state index contributed by atoms with van der Waals surface area (Å²) in [5.74, 6) is 1.28. The smallest absolute Gasteiger partial charge is 0.243 e. The van der Waals surface area contributed by atoms with E-state index in [4.69, 9.17) is 9.47 Å². The molecule has 134 valence electrons. The number of hydrogen-bond acceptors (Lipinski definition) is 7. The van der Waals surface area contributed by atoms with Crippen molar-refractivity contribution >= 4 is 10.0 Å². The molecule has 0 bridgehead atoms. The fourth-order valence-corrected chi connectivity index (χ4v) is 3.83. The number of tetrazole rings is 1. The molecule has 26 heavy (non-hydrogen) atoms. The maximum Gasteiger partial charge on any atom is 0.243 e. The number of aromatic nitrogens is 4. The highest BCUT2D eigenvalue weighted by Gasteiger charge is 2.22. The molecular weight excluding hydrogens is 358 g/mol. The van der Waals surface area contributed by atoms with Crippen LogP contribution in [0.3, 0.4) is 0 Å². The second-order valence-electron chi connectivity index (χ2n) is 5.70. The Morgan fingerprint density at radius 2 is 2.00 bits per heavy atom. The molecule has 0 saturated carbocycles. The molecule has 0 fully saturated rings. The van der Waals surface area contributed by atoms with Crippen molar-refractivity contribution in [3.63, 3.8) is 0 Å². The van der Waals surface area contributed by atoms with Crippen LogP contribution in [-0.2, 0) is 16.6 Å². The van der Waals surface area contributed by atoms with Crippen LogP contribution in [0.25, 0.3) is 5.69 Å². The SMILES string of the molecule is CN(Cc1ccc2c(c1)OCO2)S(=O)(=O)c1cccc(-n2cnnn2)c1. The van der Waals surface area contributed by atoms with Crippen LogP contribution in [0.1, 0.15) is 5.56 Å². The van der Waals surface area contributed by atoms with Crippen LogP contribution < -0.4 is 9.47 Å². The van der Waals surface area contributed by atoms with E-state index in [1.54, 1.807) is 30.3 Å². The van der Waals surface area contributed by atoms with E-state index in [0.29, 0.717) is 17.2 Å². The number of benzene rings is 2. The van der Waals surface area contributed by atoms with Crippen LogP contribution in [0.5, 0.6) is 11.5 Å². The Balaban J connectivity index is 1.59. The first-order valence-corrected chi connectivity index (χ1v) is 9.16. The number of nitrogens with zero attached hydrogens (tertiary/aromatic N) is 5. The maximum atomic E-state index is 12.9. The first kappa shape index (κ1) is 16.5. The van der Waals surface area contributed by atoms with Crippen LogP contribution in [-0.4, -0.2) is 46.8 Å². The Bertz CT molecular complexity index is 1040. The highest BCUT2D eigenvalue weighted by Crippen LogP contribution is 2.33. The summed E-state index contributed by atoms with van der Waals surface area (Å²) in [4.78, 5) is 0.161. The second-order valence-corrected chi connectivity index (χ2v) is 7.75. The van der Waals surface area contributed by atoms with E-state index < -0.39 is 10.0 Å². The van der Waals surface area contributed by atoms with Gasteiger partial charge in [0, 0.05) is 13.6 Å². The van der Waals surface area contributed by atoms with Gasteiger partial charge in [-0.25, -0.2) is 13.1 Å². The predicted octanol–water partition coefficient (Wildman–Crippen LogP) is 1.21. The van der Waals surface area contributed by atoms with E-state index >= 15 is 0 Å². The molecule has 0 atom stereocenters. The Morgan fingerprint density at radius 3 is 2.81 bits per heavy atom. The number of fused-ring (bicyclic) bond motifs is 1. The highest BCUT2D eigenvalue weighted by molar-refractivity contribution is 7.89. The molecule has 2 aromatic carbocycles. The van der Waals surface area contributed by atoms with E-state index in [1.165, 1.54) is 28.4 Å². The van der Waals surface area contributed by atoms with Gasteiger partial charge in [0.05, 0.1) is 10.6 Å². The van der Waals surface area contributed by atoms with Crippen LogP contribution in [0.4, 0.5) is 0 Å². The summed E-state index contributed by atoms with van der Waals surface area (Å²) < 4.78 is 39.1. The number of rotatable bonds is 5. The average molecular weight is 373 g/mol. The lowest BCUT2D eigenvalue weighted by Gasteiger charge is -2.18. The molecule has 10 heteroatoms. The van der Waals surface area contributed by atoms with Crippen molar-refractivity contribution in [2.45, 2.75) is 11.4 Å². The Kier molecular flexibility index (Phi) is 4.05. The van der Waals surface area contributed by atoms with E-state index in [9.17, 15) is 8.42 Å². The minimum absolute atomic E-state index is 0.161. The van der Waals surface area contributed by atoms with E-state index in [0.717, 1.165) is 5.56 Å². The molecule has 9 nitrogen and oxygen atoms in total. The van der Waals surface area contributed by atoms with Gasteiger partial charge in [0.2, 0.25) is 16.8 Å². The lowest BCUT2D eigenvalue weighted by Crippen LogP contribution is -2.26. The third-order valence-corrected chi connectivity index (χ3v) is 5.78. The summed E-state index contributed by atoms with van der Waals surface area (Å²) in [6.07, 6.45) is 1.40. The lowest BCUT2D eigenvalue weighted by atomic mass is 10.2. The third kappa shape index (κ3) is 3.00. The van der Waals surface area contributed by atoms with Crippen molar-refractivity contribution in [2.75, 3.05) is 13.8 Å². The normalized spacial score (nSPS) is 13.3. The first-order chi connectivity index (χ1) is 12.5. The number of sulfonamides is 1. The molecule has 3 aromatic rings. The van der Waals surface area contributed by atoms with Crippen molar-refractivity contribution in [1.29, 1.82) is 0 Å². The lowest BCUT2D eigenvalue weighted by molar-refractivity contribution is 0.174. The van der Waals surface area contributed by atoms with Gasteiger partial charge in [-0.2, -0.15) is 4.31 Å². The second kappa shape index (κ2) is 6.39. The molecule has 0 aliphatic carbocycles. The van der Waals surface area contributed by atoms with Gasteiger partial charge in [-0.15, -0.1) is 5.10 Å². The first-order valence-electron chi connectivity index (χ1n) is 7.72. The van der Waals surface area contributed by atoms with Crippen LogP contribution in [0.15, 0.2) is 53.7 Å². The summed E-state index contributed by atoms with van der Waals surface area (Å²) in [5.41, 5.74) is 1.37. The minimum atomic E-state index is -3.69.